The number of benzene rings is 1. The van der Waals surface area contributed by atoms with Crippen molar-refractivity contribution in [1.82, 2.24) is 0 Å². The molecule has 0 saturated carbocycles. The van der Waals surface area contributed by atoms with Crippen molar-refractivity contribution in [2.45, 2.75) is 0 Å². The van der Waals surface area contributed by atoms with Crippen molar-refractivity contribution >= 4 is 17.8 Å². The molecule has 0 fully saturated rings. The van der Waals surface area contributed by atoms with Crippen LogP contribution in [0.15, 0.2) is 18.2 Å². The van der Waals surface area contributed by atoms with Crippen LogP contribution < -0.4 is 5.73 Å². The second-order valence-electron chi connectivity index (χ2n) is 2.43. The van der Waals surface area contributed by atoms with E-state index in [1.807, 2.05) is 0 Å². The van der Waals surface area contributed by atoms with Crippen LogP contribution in [0.1, 0.15) is 10.4 Å². The number of hydrogen-bond donors (Lipinski definition) is 3. The summed E-state index contributed by atoms with van der Waals surface area (Å²) in [6.45, 7) is 0. The highest BCUT2D eigenvalue weighted by Crippen LogP contribution is 2.20. The monoisotopic (exact) mass is 197 g/mol. The third-order valence-corrected chi connectivity index (χ3v) is 1.42. The first kappa shape index (κ1) is 9.85. The average molecular weight is 197 g/mol. The summed E-state index contributed by atoms with van der Waals surface area (Å²) in [4.78, 5) is 21.0. The minimum absolute atomic E-state index is 0.249. The van der Waals surface area contributed by atoms with Crippen LogP contribution in [0.4, 0.5) is 10.5 Å². The van der Waals surface area contributed by atoms with Crippen molar-refractivity contribution < 1.29 is 24.5 Å². The highest BCUT2D eigenvalue weighted by Gasteiger charge is 2.15. The molecule has 1 rings (SSSR count). The summed E-state index contributed by atoms with van der Waals surface area (Å²) in [5, 5.41) is 17.3. The van der Waals surface area contributed by atoms with E-state index in [0.717, 1.165) is 6.07 Å². The van der Waals surface area contributed by atoms with Crippen molar-refractivity contribution in [1.29, 1.82) is 0 Å². The van der Waals surface area contributed by atoms with E-state index in [1.54, 1.807) is 0 Å². The molecular weight excluding hydrogens is 190 g/mol. The summed E-state index contributed by atoms with van der Waals surface area (Å²) in [7, 11) is 0. The number of carboxylic acid groups (broad SMARTS) is 1. The number of nitrogens with two attached hydrogens (primary N) is 1. The highest BCUT2D eigenvalue weighted by molar-refractivity contribution is 5.97. The molecule has 0 aliphatic heterocycles. The number of esters is 1. The van der Waals surface area contributed by atoms with Crippen LogP contribution in [-0.2, 0) is 4.74 Å². The van der Waals surface area contributed by atoms with Crippen LogP contribution in [-0.4, -0.2) is 22.3 Å². The lowest BCUT2D eigenvalue weighted by molar-refractivity contribution is 0.0507. The van der Waals surface area contributed by atoms with Gasteiger partial charge in [-0.05, 0) is 12.1 Å². The molecule has 0 aliphatic rings. The molecule has 74 valence electrons. The van der Waals surface area contributed by atoms with Gasteiger partial charge in [-0.3, -0.25) is 0 Å². The minimum Gasteiger partial charge on any atom is -0.507 e. The highest BCUT2D eigenvalue weighted by atomic mass is 16.7. The Morgan fingerprint density at radius 3 is 2.50 bits per heavy atom. The van der Waals surface area contributed by atoms with E-state index < -0.39 is 17.9 Å². The maximum absolute atomic E-state index is 11.0. The zero-order valence-electron chi connectivity index (χ0n) is 6.93. The first-order valence-corrected chi connectivity index (χ1v) is 3.54. The number of hydrogen-bond acceptors (Lipinski definition) is 5. The Bertz CT molecular complexity index is 387. The smallest absolute Gasteiger partial charge is 0.507 e. The summed E-state index contributed by atoms with van der Waals surface area (Å²) >= 11 is 0. The molecule has 0 heterocycles. The van der Waals surface area contributed by atoms with Gasteiger partial charge in [-0.2, -0.15) is 0 Å². The molecule has 0 unspecified atom stereocenters. The number of ether oxygens (including phenoxy) is 1. The summed E-state index contributed by atoms with van der Waals surface area (Å²) in [6, 6.07) is 3.65. The molecule has 1 aromatic rings. The molecule has 0 atom stereocenters. The van der Waals surface area contributed by atoms with Gasteiger partial charge in [-0.25, -0.2) is 9.59 Å². The van der Waals surface area contributed by atoms with Gasteiger partial charge in [-0.15, -0.1) is 0 Å². The molecule has 0 bridgehead atoms. The maximum Gasteiger partial charge on any atom is 0.513 e. The van der Waals surface area contributed by atoms with Gasteiger partial charge in [-0.1, -0.05) is 0 Å². The number of phenolic OH excluding ortho intramolecular Hbond substituents is 1. The zero-order chi connectivity index (χ0) is 10.7. The lowest BCUT2D eigenvalue weighted by Gasteiger charge is -2.02. The van der Waals surface area contributed by atoms with E-state index in [1.165, 1.54) is 12.1 Å². The van der Waals surface area contributed by atoms with E-state index in [2.05, 4.69) is 4.74 Å². The SMILES string of the molecule is Nc1ccc(C(=O)OC(=O)O)c(O)c1. The van der Waals surface area contributed by atoms with Crippen molar-refractivity contribution in [2.24, 2.45) is 0 Å². The first-order chi connectivity index (χ1) is 6.50. The molecular formula is C8H7NO5. The molecule has 6 nitrogen and oxygen atoms in total. The van der Waals surface area contributed by atoms with Gasteiger partial charge in [0.15, 0.2) is 0 Å². The fourth-order valence-electron chi connectivity index (χ4n) is 0.856. The zero-order valence-corrected chi connectivity index (χ0v) is 6.93. The number of nitrogen functional groups attached to an aromatic ring is 1. The topological polar surface area (TPSA) is 110 Å². The molecule has 14 heavy (non-hydrogen) atoms. The molecule has 0 spiro atoms. The van der Waals surface area contributed by atoms with Gasteiger partial charge < -0.3 is 20.7 Å². The van der Waals surface area contributed by atoms with Gasteiger partial charge in [0.05, 0.1) is 0 Å². The van der Waals surface area contributed by atoms with Gasteiger partial charge in [0, 0.05) is 11.8 Å². The van der Waals surface area contributed by atoms with Crippen molar-refractivity contribution in [3.63, 3.8) is 0 Å². The second kappa shape index (κ2) is 3.65. The maximum atomic E-state index is 11.0. The summed E-state index contributed by atoms with van der Waals surface area (Å²) in [5.41, 5.74) is 5.31. The van der Waals surface area contributed by atoms with Crippen LogP contribution in [0.25, 0.3) is 0 Å². The molecule has 0 saturated heterocycles. The van der Waals surface area contributed by atoms with E-state index in [9.17, 15) is 14.7 Å². The van der Waals surface area contributed by atoms with Gasteiger partial charge in [0.25, 0.3) is 0 Å². The summed E-state index contributed by atoms with van der Waals surface area (Å²) < 4.78 is 3.83. The standard InChI is InChI=1S/C8H7NO5/c9-4-1-2-5(6(10)3-4)7(11)14-8(12)13/h1-3,10H,9H2,(H,12,13). The Kier molecular flexibility index (Phi) is 2.57. The second-order valence-corrected chi connectivity index (χ2v) is 2.43. The Morgan fingerprint density at radius 2 is 2.00 bits per heavy atom. The predicted octanol–water partition coefficient (Wildman–Crippen LogP) is 0.809. The van der Waals surface area contributed by atoms with Crippen LogP contribution >= 0.6 is 0 Å². The lowest BCUT2D eigenvalue weighted by atomic mass is 10.2. The first-order valence-electron chi connectivity index (χ1n) is 3.54. The Balaban J connectivity index is 2.96. The number of carbonyl (C=O) groups excluding carboxylic acids is 1. The summed E-state index contributed by atoms with van der Waals surface area (Å²) in [5.74, 6) is -1.56. The van der Waals surface area contributed by atoms with Gasteiger partial charge in [0.1, 0.15) is 11.3 Å². The van der Waals surface area contributed by atoms with Crippen molar-refractivity contribution in [2.75, 3.05) is 5.73 Å². The molecule has 4 N–H and O–H groups in total. The minimum atomic E-state index is -1.73. The Hall–Kier alpha value is -2.24. The van der Waals surface area contributed by atoms with Crippen LogP contribution in [0.2, 0.25) is 0 Å². The molecule has 0 aliphatic carbocycles. The number of anilines is 1. The molecule has 0 amide bonds. The lowest BCUT2D eigenvalue weighted by Crippen LogP contribution is -2.10. The van der Waals surface area contributed by atoms with Crippen LogP contribution in [0.5, 0.6) is 5.75 Å². The normalized spacial score (nSPS) is 9.43. The quantitative estimate of drug-likeness (QED) is 0.349. The fourth-order valence-corrected chi connectivity index (χ4v) is 0.856. The van der Waals surface area contributed by atoms with Gasteiger partial charge in [0.2, 0.25) is 0 Å². The van der Waals surface area contributed by atoms with Crippen molar-refractivity contribution in [3.05, 3.63) is 23.8 Å². The molecule has 0 aromatic heterocycles. The number of phenols is 1. The fraction of sp³-hybridized carbons (Fsp3) is 0. The summed E-state index contributed by atoms with van der Waals surface area (Å²) in [6.07, 6.45) is -1.73. The van der Waals surface area contributed by atoms with Crippen molar-refractivity contribution in [3.8, 4) is 5.75 Å². The van der Waals surface area contributed by atoms with E-state index in [4.69, 9.17) is 10.8 Å². The number of carbonyl (C=O) groups is 2. The third-order valence-electron chi connectivity index (χ3n) is 1.42. The predicted molar refractivity (Wildman–Crippen MR) is 46.0 cm³/mol. The van der Waals surface area contributed by atoms with E-state index in [-0.39, 0.29) is 11.3 Å². The van der Waals surface area contributed by atoms with E-state index >= 15 is 0 Å². The number of aromatic hydroxyl groups is 1. The Morgan fingerprint density at radius 1 is 1.36 bits per heavy atom. The molecule has 6 heteroatoms. The van der Waals surface area contributed by atoms with Gasteiger partial charge >= 0.3 is 12.1 Å². The Labute approximate surface area is 78.5 Å². The number of rotatable bonds is 1. The largest absolute Gasteiger partial charge is 0.513 e. The third kappa shape index (κ3) is 2.13. The van der Waals surface area contributed by atoms with E-state index in [0.29, 0.717) is 0 Å². The van der Waals surface area contributed by atoms with Crippen LogP contribution in [0, 0.1) is 0 Å². The molecule has 1 aromatic carbocycles. The van der Waals surface area contributed by atoms with Crippen LogP contribution in [0.3, 0.4) is 0 Å². The average Bonchev–Trinajstić information content (AvgIpc) is 2.01. The molecule has 0 radical (unpaired) electrons.